The third-order valence-corrected chi connectivity index (χ3v) is 10.3. The Morgan fingerprint density at radius 1 is 0.808 bits per heavy atom. The number of hydrogen-bond acceptors (Lipinski definition) is 7. The van der Waals surface area contributed by atoms with Crippen molar-refractivity contribution < 1.29 is 23.1 Å². The molecule has 0 saturated heterocycles. The second-order valence-electron chi connectivity index (χ2n) is 12.9. The zero-order valence-corrected chi connectivity index (χ0v) is 30.7. The van der Waals surface area contributed by atoms with Crippen molar-refractivity contribution in [2.75, 3.05) is 13.6 Å². The summed E-state index contributed by atoms with van der Waals surface area (Å²) < 4.78 is 28.5. The molecule has 5 N–H and O–H groups in total. The van der Waals surface area contributed by atoms with Crippen LogP contribution in [0.5, 0.6) is 0 Å². The van der Waals surface area contributed by atoms with Gasteiger partial charge in [-0.25, -0.2) is 18.1 Å². The first-order valence-corrected chi connectivity index (χ1v) is 18.7. The molecule has 272 valence electrons. The van der Waals surface area contributed by atoms with Crippen LogP contribution in [0.15, 0.2) is 108 Å². The fourth-order valence-electron chi connectivity index (χ4n) is 5.93. The van der Waals surface area contributed by atoms with Gasteiger partial charge in [-0.05, 0) is 99.0 Å². The number of aliphatic hydroxyl groups is 1. The van der Waals surface area contributed by atoms with E-state index in [1.54, 1.807) is 42.6 Å². The molecule has 0 saturated carbocycles. The van der Waals surface area contributed by atoms with Crippen molar-refractivity contribution in [2.45, 2.75) is 63.7 Å². The molecular formula is C40H46N6O5S. The Morgan fingerprint density at radius 2 is 1.48 bits per heavy atom. The number of aryl methyl sites for hydroxylation is 2. The maximum Gasteiger partial charge on any atom is 0.251 e. The fourth-order valence-corrected chi connectivity index (χ4v) is 6.73. The number of carbonyl (C=O) groups is 2. The van der Waals surface area contributed by atoms with Crippen LogP contribution in [0.3, 0.4) is 0 Å². The molecular weight excluding hydrogens is 677 g/mol. The number of benzene rings is 3. The van der Waals surface area contributed by atoms with Gasteiger partial charge in [0.1, 0.15) is 5.82 Å². The normalized spacial score (nSPS) is 12.6. The molecule has 0 aliphatic heterocycles. The summed E-state index contributed by atoms with van der Waals surface area (Å²) in [6.07, 6.45) is 2.00. The van der Waals surface area contributed by atoms with Gasteiger partial charge in [0, 0.05) is 54.4 Å². The van der Waals surface area contributed by atoms with Crippen molar-refractivity contribution in [1.82, 2.24) is 30.2 Å². The van der Waals surface area contributed by atoms with E-state index in [4.69, 9.17) is 0 Å². The Kier molecular flexibility index (Phi) is 12.7. The average molecular weight is 723 g/mol. The van der Waals surface area contributed by atoms with E-state index in [0.717, 1.165) is 45.9 Å². The predicted octanol–water partition coefficient (Wildman–Crippen LogP) is 4.44. The standard InChI is InChI=1S/C40H46N6O5S/c1-27(42-26-37(47)35-17-18-38(43-25-35)46-28(2)11-12-29(46)3)19-31-7-5-8-32(20-31)22-39(48)44-23-30-13-15-34(16-14-30)40(49)45-24-33-9-6-10-36(21-33)52(50,51)41-4/h5-18,20-21,25,27,37,41-42,47H,19,22-24,26H2,1-4H3,(H,44,48)(H,45,49)/t27-,37+/m1/s1. The van der Waals surface area contributed by atoms with Gasteiger partial charge in [0.25, 0.3) is 5.91 Å². The van der Waals surface area contributed by atoms with Gasteiger partial charge in [0.15, 0.2) is 0 Å². The van der Waals surface area contributed by atoms with Crippen LogP contribution in [0.2, 0.25) is 0 Å². The smallest absolute Gasteiger partial charge is 0.251 e. The van der Waals surface area contributed by atoms with Crippen LogP contribution >= 0.6 is 0 Å². The first-order valence-electron chi connectivity index (χ1n) is 17.2. The van der Waals surface area contributed by atoms with Crippen LogP contribution in [0.4, 0.5) is 0 Å². The largest absolute Gasteiger partial charge is 0.387 e. The number of nitrogens with one attached hydrogen (secondary N) is 4. The zero-order valence-electron chi connectivity index (χ0n) is 29.9. The Bertz CT molecular complexity index is 2080. The molecule has 3 aromatic carbocycles. The molecule has 11 nitrogen and oxygen atoms in total. The highest BCUT2D eigenvalue weighted by molar-refractivity contribution is 7.89. The number of carbonyl (C=O) groups excluding carboxylic acids is 2. The van der Waals surface area contributed by atoms with E-state index >= 15 is 0 Å². The van der Waals surface area contributed by atoms with Gasteiger partial charge in [-0.1, -0.05) is 54.6 Å². The van der Waals surface area contributed by atoms with Crippen molar-refractivity contribution in [3.63, 3.8) is 0 Å². The molecule has 5 rings (SSSR count). The minimum absolute atomic E-state index is 0.0922. The Balaban J connectivity index is 1.04. The number of rotatable bonds is 16. The van der Waals surface area contributed by atoms with Crippen molar-refractivity contribution in [3.05, 3.63) is 148 Å². The molecule has 2 aromatic heterocycles. The first-order chi connectivity index (χ1) is 24.9. The molecule has 0 aliphatic carbocycles. The monoisotopic (exact) mass is 722 g/mol. The highest BCUT2D eigenvalue weighted by atomic mass is 32.2. The van der Waals surface area contributed by atoms with Crippen LogP contribution < -0.4 is 20.7 Å². The zero-order chi connectivity index (χ0) is 37.3. The van der Waals surface area contributed by atoms with Gasteiger partial charge in [-0.15, -0.1) is 0 Å². The summed E-state index contributed by atoms with van der Waals surface area (Å²) in [5.41, 5.74) is 6.92. The minimum atomic E-state index is -3.58. The lowest BCUT2D eigenvalue weighted by Crippen LogP contribution is -2.32. The maximum atomic E-state index is 12.8. The number of nitrogens with zero attached hydrogens (tertiary/aromatic N) is 2. The maximum absolute atomic E-state index is 12.8. The van der Waals surface area contributed by atoms with Gasteiger partial charge in [-0.3, -0.25) is 9.59 Å². The summed E-state index contributed by atoms with van der Waals surface area (Å²) in [5.74, 6) is 0.419. The van der Waals surface area contributed by atoms with Gasteiger partial charge in [-0.2, -0.15) is 0 Å². The molecule has 52 heavy (non-hydrogen) atoms. The molecule has 0 spiro atoms. The summed E-state index contributed by atoms with van der Waals surface area (Å²) >= 11 is 0. The molecule has 12 heteroatoms. The number of aromatic nitrogens is 2. The number of hydrogen-bond donors (Lipinski definition) is 5. The summed E-state index contributed by atoms with van der Waals surface area (Å²) in [4.78, 5) is 30.2. The molecule has 2 atom stereocenters. The lowest BCUT2D eigenvalue weighted by Gasteiger charge is -2.18. The molecule has 0 unspecified atom stereocenters. The van der Waals surface area contributed by atoms with E-state index < -0.39 is 16.1 Å². The third-order valence-electron chi connectivity index (χ3n) is 8.85. The topological polar surface area (TPSA) is 154 Å². The molecule has 0 bridgehead atoms. The Hall–Kier alpha value is -5.14. The average Bonchev–Trinajstić information content (AvgIpc) is 3.49. The highest BCUT2D eigenvalue weighted by Crippen LogP contribution is 2.18. The van der Waals surface area contributed by atoms with Crippen LogP contribution in [-0.4, -0.2) is 54.5 Å². The summed E-state index contributed by atoms with van der Waals surface area (Å²) in [6.45, 7) is 7.02. The van der Waals surface area contributed by atoms with E-state index in [9.17, 15) is 23.1 Å². The van der Waals surface area contributed by atoms with Gasteiger partial charge in [0.05, 0.1) is 17.4 Å². The van der Waals surface area contributed by atoms with Crippen molar-refractivity contribution in [3.8, 4) is 5.82 Å². The molecule has 0 radical (unpaired) electrons. The Morgan fingerprint density at radius 3 is 2.17 bits per heavy atom. The van der Waals surface area contributed by atoms with Crippen molar-refractivity contribution >= 4 is 21.8 Å². The summed E-state index contributed by atoms with van der Waals surface area (Å²) in [7, 11) is -2.23. The predicted molar refractivity (Wildman–Crippen MR) is 201 cm³/mol. The van der Waals surface area contributed by atoms with Crippen LogP contribution in [0.25, 0.3) is 5.82 Å². The summed E-state index contributed by atoms with van der Waals surface area (Å²) in [6, 6.07) is 29.3. The van der Waals surface area contributed by atoms with Crippen LogP contribution in [0, 0.1) is 13.8 Å². The molecule has 2 amide bonds. The SMILES string of the molecule is CNS(=O)(=O)c1cccc(CNC(=O)c2ccc(CNC(=O)Cc3cccc(C[C@@H](C)NC[C@H](O)c4ccc(-n5c(C)ccc5C)nc4)c3)cc2)c1. The lowest BCUT2D eigenvalue weighted by molar-refractivity contribution is -0.120. The van der Waals surface area contributed by atoms with E-state index in [1.807, 2.05) is 50.2 Å². The van der Waals surface area contributed by atoms with Crippen LogP contribution in [-0.2, 0) is 40.7 Å². The molecule has 0 fully saturated rings. The van der Waals surface area contributed by atoms with Gasteiger partial charge in [0.2, 0.25) is 15.9 Å². The quantitative estimate of drug-likeness (QED) is 0.101. The van der Waals surface area contributed by atoms with E-state index in [0.29, 0.717) is 24.2 Å². The summed E-state index contributed by atoms with van der Waals surface area (Å²) in [5, 5.41) is 20.0. The van der Waals surface area contributed by atoms with E-state index in [2.05, 4.69) is 49.3 Å². The molecule has 0 aliphatic rings. The second kappa shape index (κ2) is 17.4. The molecule has 2 heterocycles. The van der Waals surface area contributed by atoms with Gasteiger partial charge >= 0.3 is 0 Å². The highest BCUT2D eigenvalue weighted by Gasteiger charge is 2.14. The number of amides is 2. The lowest BCUT2D eigenvalue weighted by atomic mass is 10.0. The molecule has 5 aromatic rings. The van der Waals surface area contributed by atoms with E-state index in [-0.39, 0.29) is 35.7 Å². The third kappa shape index (κ3) is 10.2. The second-order valence-corrected chi connectivity index (χ2v) is 14.8. The van der Waals surface area contributed by atoms with Crippen molar-refractivity contribution in [1.29, 1.82) is 0 Å². The fraction of sp³-hybridized carbons (Fsp3) is 0.275. The number of aliphatic hydroxyl groups excluding tert-OH is 1. The number of pyridine rings is 1. The first kappa shape index (κ1) is 38.1. The van der Waals surface area contributed by atoms with Crippen LogP contribution in [0.1, 0.15) is 62.6 Å². The van der Waals surface area contributed by atoms with E-state index in [1.165, 1.54) is 19.2 Å². The number of sulfonamides is 1. The van der Waals surface area contributed by atoms with Gasteiger partial charge < -0.3 is 25.6 Å². The Labute approximate surface area is 305 Å². The van der Waals surface area contributed by atoms with Crippen molar-refractivity contribution in [2.24, 2.45) is 0 Å². The minimum Gasteiger partial charge on any atom is -0.387 e.